The van der Waals surface area contributed by atoms with Gasteiger partial charge in [-0.2, -0.15) is 10.4 Å². The third kappa shape index (κ3) is 4.04. The standard InChI is InChI=1S/C23H22N8O2/c1-12-7-15(9-16(8-12)23(32)33-4)18-19-13(2)5-6-31(19)30-21(29-18)14(3)28-22-17(10-24)20(25)26-11-27-22/h5-9,11,14H,1-4H3,(H3,25,26,27,28). The molecule has 0 aliphatic carbocycles. The van der Waals surface area contributed by atoms with Crippen LogP contribution >= 0.6 is 0 Å². The predicted molar refractivity (Wildman–Crippen MR) is 122 cm³/mol. The molecule has 0 aliphatic heterocycles. The van der Waals surface area contributed by atoms with Gasteiger partial charge in [0.1, 0.15) is 29.6 Å². The highest BCUT2D eigenvalue weighted by Crippen LogP contribution is 2.29. The Hall–Kier alpha value is -4.52. The molecule has 3 aromatic heterocycles. The maximum Gasteiger partial charge on any atom is 0.337 e. The van der Waals surface area contributed by atoms with Crippen LogP contribution < -0.4 is 11.1 Å². The van der Waals surface area contributed by atoms with E-state index in [0.29, 0.717) is 22.9 Å². The lowest BCUT2D eigenvalue weighted by atomic mass is 10.0. The summed E-state index contributed by atoms with van der Waals surface area (Å²) < 4.78 is 6.66. The molecule has 0 amide bonds. The van der Waals surface area contributed by atoms with Crippen LogP contribution in [0.4, 0.5) is 11.6 Å². The minimum atomic E-state index is -0.419. The second-order valence-corrected chi connectivity index (χ2v) is 7.65. The molecule has 1 aromatic carbocycles. The van der Waals surface area contributed by atoms with Crippen LogP contribution in [0.3, 0.4) is 0 Å². The number of hydrogen-bond donors (Lipinski definition) is 2. The van der Waals surface area contributed by atoms with E-state index in [9.17, 15) is 10.1 Å². The van der Waals surface area contributed by atoms with Crippen molar-refractivity contribution in [3.63, 3.8) is 0 Å². The van der Waals surface area contributed by atoms with Gasteiger partial charge in [-0.1, -0.05) is 0 Å². The van der Waals surface area contributed by atoms with Gasteiger partial charge in [0.15, 0.2) is 5.82 Å². The van der Waals surface area contributed by atoms with Gasteiger partial charge in [-0.25, -0.2) is 24.3 Å². The van der Waals surface area contributed by atoms with Crippen molar-refractivity contribution in [2.24, 2.45) is 0 Å². The largest absolute Gasteiger partial charge is 0.465 e. The van der Waals surface area contributed by atoms with Gasteiger partial charge in [0.25, 0.3) is 0 Å². The van der Waals surface area contributed by atoms with Gasteiger partial charge in [0.2, 0.25) is 0 Å². The van der Waals surface area contributed by atoms with Crippen LogP contribution in [0.1, 0.15) is 45.8 Å². The third-order valence-corrected chi connectivity index (χ3v) is 5.23. The van der Waals surface area contributed by atoms with E-state index in [4.69, 9.17) is 15.5 Å². The molecule has 33 heavy (non-hydrogen) atoms. The van der Waals surface area contributed by atoms with Gasteiger partial charge in [-0.3, -0.25) is 0 Å². The first kappa shape index (κ1) is 21.7. The Kier molecular flexibility index (Phi) is 5.62. The Balaban J connectivity index is 1.84. The minimum Gasteiger partial charge on any atom is -0.465 e. The SMILES string of the molecule is COC(=O)c1cc(C)cc(-c2nc(C(C)Nc3ncnc(N)c3C#N)nn3ccc(C)c23)c1. The van der Waals surface area contributed by atoms with Gasteiger partial charge in [-0.15, -0.1) is 0 Å². The Labute approximate surface area is 190 Å². The first-order valence-electron chi connectivity index (χ1n) is 10.2. The molecule has 1 atom stereocenters. The lowest BCUT2D eigenvalue weighted by molar-refractivity contribution is 0.0600. The maximum absolute atomic E-state index is 12.2. The van der Waals surface area contributed by atoms with Crippen molar-refractivity contribution in [1.29, 1.82) is 5.26 Å². The van der Waals surface area contributed by atoms with Crippen LogP contribution in [-0.2, 0) is 4.74 Å². The Morgan fingerprint density at radius 3 is 2.79 bits per heavy atom. The molecule has 1 unspecified atom stereocenters. The average Bonchev–Trinajstić information content (AvgIpc) is 3.18. The molecule has 0 fully saturated rings. The van der Waals surface area contributed by atoms with Crippen molar-refractivity contribution in [2.45, 2.75) is 26.8 Å². The van der Waals surface area contributed by atoms with Gasteiger partial charge in [0.05, 0.1) is 29.9 Å². The molecule has 10 nitrogen and oxygen atoms in total. The number of anilines is 2. The molecule has 3 N–H and O–H groups in total. The summed E-state index contributed by atoms with van der Waals surface area (Å²) >= 11 is 0. The van der Waals surface area contributed by atoms with Gasteiger partial charge < -0.3 is 15.8 Å². The van der Waals surface area contributed by atoms with Crippen molar-refractivity contribution in [1.82, 2.24) is 24.6 Å². The highest BCUT2D eigenvalue weighted by atomic mass is 16.5. The lowest BCUT2D eigenvalue weighted by Gasteiger charge is -2.17. The van der Waals surface area contributed by atoms with E-state index in [-0.39, 0.29) is 11.4 Å². The van der Waals surface area contributed by atoms with Crippen LogP contribution in [0.15, 0.2) is 36.8 Å². The molecular weight excluding hydrogens is 420 g/mol. The number of carbonyl (C=O) groups is 1. The number of nitrogens with two attached hydrogens (primary N) is 1. The van der Waals surface area contributed by atoms with E-state index in [2.05, 4.69) is 20.4 Å². The van der Waals surface area contributed by atoms with E-state index < -0.39 is 12.0 Å². The molecule has 166 valence electrons. The number of hydrogen-bond acceptors (Lipinski definition) is 9. The Morgan fingerprint density at radius 2 is 2.06 bits per heavy atom. The van der Waals surface area contributed by atoms with Crippen molar-refractivity contribution in [3.8, 4) is 17.3 Å². The van der Waals surface area contributed by atoms with Crippen molar-refractivity contribution in [3.05, 3.63) is 64.9 Å². The minimum absolute atomic E-state index is 0.0930. The zero-order valence-electron chi connectivity index (χ0n) is 18.6. The molecule has 0 spiro atoms. The van der Waals surface area contributed by atoms with Crippen LogP contribution in [0, 0.1) is 25.2 Å². The summed E-state index contributed by atoms with van der Waals surface area (Å²) in [5.41, 5.74) is 10.6. The number of rotatable bonds is 5. The molecular formula is C23H22N8O2. The average molecular weight is 442 g/mol. The van der Waals surface area contributed by atoms with Crippen molar-refractivity contribution in [2.75, 3.05) is 18.2 Å². The molecule has 0 radical (unpaired) electrons. The summed E-state index contributed by atoms with van der Waals surface area (Å²) in [7, 11) is 1.35. The smallest absolute Gasteiger partial charge is 0.337 e. The lowest BCUT2D eigenvalue weighted by Crippen LogP contribution is -2.16. The summed E-state index contributed by atoms with van der Waals surface area (Å²) in [4.78, 5) is 25.0. The van der Waals surface area contributed by atoms with Gasteiger partial charge in [0, 0.05) is 11.8 Å². The summed E-state index contributed by atoms with van der Waals surface area (Å²) in [6.07, 6.45) is 3.14. The Bertz CT molecular complexity index is 1420. The number of methoxy groups -OCH3 is 1. The summed E-state index contributed by atoms with van der Waals surface area (Å²) in [6.45, 7) is 5.74. The van der Waals surface area contributed by atoms with E-state index in [1.165, 1.54) is 13.4 Å². The normalized spacial score (nSPS) is 11.7. The first-order valence-corrected chi connectivity index (χ1v) is 10.2. The maximum atomic E-state index is 12.2. The van der Waals surface area contributed by atoms with Crippen molar-refractivity contribution < 1.29 is 9.53 Å². The van der Waals surface area contributed by atoms with Crippen LogP contribution in [-0.4, -0.2) is 37.6 Å². The monoisotopic (exact) mass is 442 g/mol. The summed E-state index contributed by atoms with van der Waals surface area (Å²) in [5.74, 6) is 0.443. The zero-order chi connectivity index (χ0) is 23.7. The fourth-order valence-corrected chi connectivity index (χ4v) is 3.62. The fourth-order valence-electron chi connectivity index (χ4n) is 3.62. The zero-order valence-corrected chi connectivity index (χ0v) is 18.6. The van der Waals surface area contributed by atoms with Crippen molar-refractivity contribution >= 4 is 23.1 Å². The predicted octanol–water partition coefficient (Wildman–Crippen LogP) is 3.22. The fraction of sp³-hybridized carbons (Fsp3) is 0.217. The highest BCUT2D eigenvalue weighted by Gasteiger charge is 2.20. The van der Waals surface area contributed by atoms with Gasteiger partial charge >= 0.3 is 5.97 Å². The molecule has 0 saturated carbocycles. The molecule has 0 bridgehead atoms. The van der Waals surface area contributed by atoms with E-state index in [0.717, 1.165) is 22.2 Å². The number of ether oxygens (including phenoxy) is 1. The quantitative estimate of drug-likeness (QED) is 0.445. The number of aromatic nitrogens is 5. The molecule has 3 heterocycles. The molecule has 10 heteroatoms. The number of nitriles is 1. The number of aryl methyl sites for hydroxylation is 2. The number of nitrogen functional groups attached to an aromatic ring is 1. The topological polar surface area (TPSA) is 144 Å². The number of fused-ring (bicyclic) bond motifs is 1. The Morgan fingerprint density at radius 1 is 1.27 bits per heavy atom. The van der Waals surface area contributed by atoms with Crippen LogP contribution in [0.5, 0.6) is 0 Å². The number of esters is 1. The molecule has 4 rings (SSSR count). The highest BCUT2D eigenvalue weighted by molar-refractivity contribution is 5.92. The summed E-state index contributed by atoms with van der Waals surface area (Å²) in [6, 6.07) is 9.04. The molecule has 0 aliphatic rings. The van der Waals surface area contributed by atoms with E-state index in [1.54, 1.807) is 16.6 Å². The van der Waals surface area contributed by atoms with E-state index >= 15 is 0 Å². The third-order valence-electron chi connectivity index (χ3n) is 5.23. The summed E-state index contributed by atoms with van der Waals surface area (Å²) in [5, 5.41) is 17.2. The first-order chi connectivity index (χ1) is 15.8. The number of nitrogens with one attached hydrogen (secondary N) is 1. The number of benzene rings is 1. The molecule has 4 aromatic rings. The van der Waals surface area contributed by atoms with Crippen LogP contribution in [0.2, 0.25) is 0 Å². The second kappa shape index (κ2) is 8.55. The number of carbonyl (C=O) groups excluding carboxylic acids is 1. The van der Waals surface area contributed by atoms with Crippen LogP contribution in [0.25, 0.3) is 16.8 Å². The second-order valence-electron chi connectivity index (χ2n) is 7.65. The van der Waals surface area contributed by atoms with E-state index in [1.807, 2.05) is 45.2 Å². The molecule has 0 saturated heterocycles. The van der Waals surface area contributed by atoms with Gasteiger partial charge in [-0.05, 0) is 56.2 Å². The number of nitrogens with zero attached hydrogens (tertiary/aromatic N) is 6.